The van der Waals surface area contributed by atoms with Crippen LogP contribution in [0.15, 0.2) is 0 Å². The zero-order chi connectivity index (χ0) is 12.7. The third kappa shape index (κ3) is 4.94. The average Bonchev–Trinajstić information content (AvgIpc) is 2.36. The Kier molecular flexibility index (Phi) is 7.09. The van der Waals surface area contributed by atoms with E-state index in [2.05, 4.69) is 18.7 Å². The standard InChI is InChI=1S/C14H30N2O/c1-3-12-6-7-14(15)13(10-12)11-16(4-2)8-5-9-17/h12-14,17H,3-11,15H2,1-2H3. The molecule has 1 saturated carbocycles. The maximum atomic E-state index is 8.90. The molecule has 3 N–H and O–H groups in total. The van der Waals surface area contributed by atoms with Crippen LogP contribution in [0.1, 0.15) is 46.0 Å². The molecule has 3 nitrogen and oxygen atoms in total. The monoisotopic (exact) mass is 242 g/mol. The minimum atomic E-state index is 0.296. The van der Waals surface area contributed by atoms with E-state index in [0.29, 0.717) is 18.6 Å². The molecule has 0 amide bonds. The Morgan fingerprint density at radius 1 is 1.29 bits per heavy atom. The number of aliphatic hydroxyl groups is 1. The van der Waals surface area contributed by atoms with E-state index in [-0.39, 0.29) is 0 Å². The summed E-state index contributed by atoms with van der Waals surface area (Å²) < 4.78 is 0. The highest BCUT2D eigenvalue weighted by molar-refractivity contribution is 4.84. The van der Waals surface area contributed by atoms with E-state index in [1.807, 2.05) is 0 Å². The summed E-state index contributed by atoms with van der Waals surface area (Å²) in [4.78, 5) is 2.44. The van der Waals surface area contributed by atoms with Gasteiger partial charge in [0.05, 0.1) is 0 Å². The van der Waals surface area contributed by atoms with Gasteiger partial charge in [-0.2, -0.15) is 0 Å². The van der Waals surface area contributed by atoms with Crippen LogP contribution in [0.25, 0.3) is 0 Å². The number of hydrogen-bond donors (Lipinski definition) is 2. The fourth-order valence-electron chi connectivity index (χ4n) is 2.97. The molecule has 0 heterocycles. The molecule has 3 unspecified atom stereocenters. The minimum absolute atomic E-state index is 0.296. The van der Waals surface area contributed by atoms with Crippen LogP contribution in [0.5, 0.6) is 0 Å². The van der Waals surface area contributed by atoms with Gasteiger partial charge in [-0.15, -0.1) is 0 Å². The number of rotatable bonds is 7. The zero-order valence-corrected chi connectivity index (χ0v) is 11.6. The number of nitrogens with two attached hydrogens (primary N) is 1. The maximum Gasteiger partial charge on any atom is 0.0443 e. The molecule has 1 aliphatic carbocycles. The maximum absolute atomic E-state index is 8.90. The van der Waals surface area contributed by atoms with Crippen molar-refractivity contribution in [2.45, 2.75) is 52.0 Å². The smallest absolute Gasteiger partial charge is 0.0443 e. The van der Waals surface area contributed by atoms with Gasteiger partial charge in [-0.05, 0) is 44.1 Å². The average molecular weight is 242 g/mol. The highest BCUT2D eigenvalue weighted by Gasteiger charge is 2.28. The normalized spacial score (nSPS) is 29.8. The lowest BCUT2D eigenvalue weighted by Crippen LogP contribution is -2.43. The van der Waals surface area contributed by atoms with Crippen LogP contribution in [0.4, 0.5) is 0 Å². The molecule has 0 saturated heterocycles. The Labute approximate surface area is 106 Å². The van der Waals surface area contributed by atoms with Crippen molar-refractivity contribution in [3.05, 3.63) is 0 Å². The van der Waals surface area contributed by atoms with Gasteiger partial charge in [0, 0.05) is 25.7 Å². The van der Waals surface area contributed by atoms with Crippen LogP contribution in [0, 0.1) is 11.8 Å². The summed E-state index contributed by atoms with van der Waals surface area (Å²) in [6.07, 6.45) is 5.99. The van der Waals surface area contributed by atoms with Gasteiger partial charge in [-0.3, -0.25) is 0 Å². The lowest BCUT2D eigenvalue weighted by Gasteiger charge is -2.36. The third-order valence-electron chi connectivity index (χ3n) is 4.30. The molecule has 1 fully saturated rings. The van der Waals surface area contributed by atoms with Crippen molar-refractivity contribution in [2.24, 2.45) is 17.6 Å². The largest absolute Gasteiger partial charge is 0.396 e. The lowest BCUT2D eigenvalue weighted by atomic mass is 9.77. The van der Waals surface area contributed by atoms with Crippen molar-refractivity contribution in [3.63, 3.8) is 0 Å². The molecule has 1 aliphatic rings. The fourth-order valence-corrected chi connectivity index (χ4v) is 2.97. The molecule has 3 atom stereocenters. The number of nitrogens with zero attached hydrogens (tertiary/aromatic N) is 1. The number of hydrogen-bond acceptors (Lipinski definition) is 3. The second-order valence-electron chi connectivity index (χ2n) is 5.48. The van der Waals surface area contributed by atoms with E-state index < -0.39 is 0 Å². The molecule has 0 aliphatic heterocycles. The van der Waals surface area contributed by atoms with E-state index in [0.717, 1.165) is 32.0 Å². The van der Waals surface area contributed by atoms with E-state index >= 15 is 0 Å². The predicted molar refractivity (Wildman–Crippen MR) is 72.9 cm³/mol. The molecule has 17 heavy (non-hydrogen) atoms. The third-order valence-corrected chi connectivity index (χ3v) is 4.30. The van der Waals surface area contributed by atoms with E-state index in [4.69, 9.17) is 10.8 Å². The van der Waals surface area contributed by atoms with E-state index in [1.54, 1.807) is 0 Å². The highest BCUT2D eigenvalue weighted by Crippen LogP contribution is 2.30. The van der Waals surface area contributed by atoms with Crippen LogP contribution < -0.4 is 5.73 Å². The topological polar surface area (TPSA) is 49.5 Å². The van der Waals surface area contributed by atoms with Crippen LogP contribution in [0.3, 0.4) is 0 Å². The first-order valence-electron chi connectivity index (χ1n) is 7.30. The summed E-state index contributed by atoms with van der Waals surface area (Å²) in [6.45, 7) is 7.98. The van der Waals surface area contributed by atoms with Gasteiger partial charge >= 0.3 is 0 Å². The summed E-state index contributed by atoms with van der Waals surface area (Å²) >= 11 is 0. The lowest BCUT2D eigenvalue weighted by molar-refractivity contribution is 0.149. The van der Waals surface area contributed by atoms with E-state index in [9.17, 15) is 0 Å². The molecule has 0 radical (unpaired) electrons. The first-order valence-corrected chi connectivity index (χ1v) is 7.30. The van der Waals surface area contributed by atoms with Gasteiger partial charge in [-0.1, -0.05) is 20.3 Å². The molecule has 0 aromatic rings. The second-order valence-corrected chi connectivity index (χ2v) is 5.48. The molecule has 0 aromatic carbocycles. The zero-order valence-electron chi connectivity index (χ0n) is 11.6. The Morgan fingerprint density at radius 3 is 2.65 bits per heavy atom. The molecule has 0 spiro atoms. The van der Waals surface area contributed by atoms with Crippen molar-refractivity contribution in [2.75, 3.05) is 26.2 Å². The van der Waals surface area contributed by atoms with Crippen molar-refractivity contribution in [1.29, 1.82) is 0 Å². The Balaban J connectivity index is 2.40. The molecular weight excluding hydrogens is 212 g/mol. The van der Waals surface area contributed by atoms with Crippen molar-refractivity contribution in [3.8, 4) is 0 Å². The quantitative estimate of drug-likeness (QED) is 0.716. The van der Waals surface area contributed by atoms with Gasteiger partial charge in [0.15, 0.2) is 0 Å². The molecule has 102 valence electrons. The molecule has 0 bridgehead atoms. The molecule has 3 heteroatoms. The van der Waals surface area contributed by atoms with Crippen LogP contribution >= 0.6 is 0 Å². The number of aliphatic hydroxyl groups excluding tert-OH is 1. The van der Waals surface area contributed by atoms with Crippen LogP contribution in [0.2, 0.25) is 0 Å². The minimum Gasteiger partial charge on any atom is -0.396 e. The van der Waals surface area contributed by atoms with Gasteiger partial charge in [-0.25, -0.2) is 0 Å². The Morgan fingerprint density at radius 2 is 2.06 bits per heavy atom. The van der Waals surface area contributed by atoms with E-state index in [1.165, 1.54) is 25.7 Å². The summed E-state index contributed by atoms with van der Waals surface area (Å²) in [5.74, 6) is 1.55. The highest BCUT2D eigenvalue weighted by atomic mass is 16.3. The molecule has 0 aromatic heterocycles. The Bertz CT molecular complexity index is 199. The van der Waals surface area contributed by atoms with Gasteiger partial charge in [0.25, 0.3) is 0 Å². The van der Waals surface area contributed by atoms with Crippen LogP contribution in [-0.4, -0.2) is 42.3 Å². The second kappa shape index (κ2) is 8.06. The van der Waals surface area contributed by atoms with Crippen molar-refractivity contribution < 1.29 is 5.11 Å². The SMILES string of the molecule is CCC1CCC(N)C(CN(CC)CCCO)C1. The molecule has 1 rings (SSSR count). The first kappa shape index (κ1) is 14.9. The van der Waals surface area contributed by atoms with Gasteiger partial charge in [0.2, 0.25) is 0 Å². The molecular formula is C14H30N2O. The summed E-state index contributed by atoms with van der Waals surface area (Å²) in [7, 11) is 0. The predicted octanol–water partition coefficient (Wildman–Crippen LogP) is 1.84. The fraction of sp³-hybridized carbons (Fsp3) is 1.00. The van der Waals surface area contributed by atoms with Crippen LogP contribution in [-0.2, 0) is 0 Å². The Hall–Kier alpha value is -0.120. The summed E-state index contributed by atoms with van der Waals surface area (Å²) in [6, 6.07) is 0.390. The van der Waals surface area contributed by atoms with Crippen molar-refractivity contribution >= 4 is 0 Å². The summed E-state index contributed by atoms with van der Waals surface area (Å²) in [5.41, 5.74) is 6.25. The van der Waals surface area contributed by atoms with Crippen molar-refractivity contribution in [1.82, 2.24) is 4.90 Å². The van der Waals surface area contributed by atoms with Gasteiger partial charge in [0.1, 0.15) is 0 Å². The first-order chi connectivity index (χ1) is 8.21. The summed E-state index contributed by atoms with van der Waals surface area (Å²) in [5, 5.41) is 8.90. The van der Waals surface area contributed by atoms with Gasteiger partial charge < -0.3 is 15.7 Å².